The summed E-state index contributed by atoms with van der Waals surface area (Å²) in [4.78, 5) is 11.4. The molecule has 0 spiro atoms. The molecule has 0 aliphatic rings. The van der Waals surface area contributed by atoms with Gasteiger partial charge in [-0.15, -0.1) is 0 Å². The number of hydrogen-bond acceptors (Lipinski definition) is 1. The van der Waals surface area contributed by atoms with Crippen molar-refractivity contribution < 1.29 is 4.79 Å². The predicted molar refractivity (Wildman–Crippen MR) is 57.8 cm³/mol. The molecule has 13 heavy (non-hydrogen) atoms. The first-order chi connectivity index (χ1) is 6.07. The number of rotatable bonds is 7. The highest BCUT2D eigenvalue weighted by molar-refractivity contribution is 5.78. The number of Topliss-reactive ketones (excluding diaryl/α,β-unsaturated/α-hetero) is 1. The largest absolute Gasteiger partial charge is 0.300 e. The lowest BCUT2D eigenvalue weighted by atomic mass is 9.91. The molecule has 0 bridgehead atoms. The molecule has 1 unspecified atom stereocenters. The lowest BCUT2D eigenvalue weighted by molar-refractivity contribution is -0.120. The van der Waals surface area contributed by atoms with Crippen LogP contribution in [0.1, 0.15) is 59.8 Å². The highest BCUT2D eigenvalue weighted by Crippen LogP contribution is 2.16. The Bertz CT molecular complexity index is 138. The van der Waals surface area contributed by atoms with Crippen LogP contribution in [-0.2, 0) is 4.79 Å². The molecule has 0 rings (SSSR count). The molecule has 0 saturated heterocycles. The van der Waals surface area contributed by atoms with E-state index >= 15 is 0 Å². The average molecular weight is 184 g/mol. The van der Waals surface area contributed by atoms with Crippen LogP contribution in [0.3, 0.4) is 0 Å². The molecule has 0 heterocycles. The third-order valence-corrected chi connectivity index (χ3v) is 2.75. The second kappa shape index (κ2) is 7.11. The summed E-state index contributed by atoms with van der Waals surface area (Å²) in [6, 6.07) is 0. The number of hydrogen-bond donors (Lipinski definition) is 0. The van der Waals surface area contributed by atoms with Crippen molar-refractivity contribution in [2.75, 3.05) is 0 Å². The van der Waals surface area contributed by atoms with Gasteiger partial charge in [0.1, 0.15) is 5.78 Å². The molecular weight excluding hydrogens is 160 g/mol. The average Bonchev–Trinajstić information content (AvgIpc) is 2.04. The summed E-state index contributed by atoms with van der Waals surface area (Å²) in [5, 5.41) is 0. The van der Waals surface area contributed by atoms with E-state index in [1.54, 1.807) is 0 Å². The topological polar surface area (TPSA) is 17.1 Å². The summed E-state index contributed by atoms with van der Waals surface area (Å²) in [5.41, 5.74) is 0. The van der Waals surface area contributed by atoms with Crippen molar-refractivity contribution in [3.8, 4) is 0 Å². The fourth-order valence-electron chi connectivity index (χ4n) is 1.27. The standard InChI is InChI=1S/C12H24O/c1-5-6-7-8-12(13)9-11(4)10(2)3/h10-11H,5-9H2,1-4H3. The maximum atomic E-state index is 11.4. The highest BCUT2D eigenvalue weighted by atomic mass is 16.1. The van der Waals surface area contributed by atoms with Gasteiger partial charge in [-0.2, -0.15) is 0 Å². The van der Waals surface area contributed by atoms with Gasteiger partial charge >= 0.3 is 0 Å². The zero-order valence-electron chi connectivity index (χ0n) is 9.60. The Labute approximate surface area is 82.9 Å². The van der Waals surface area contributed by atoms with E-state index < -0.39 is 0 Å². The van der Waals surface area contributed by atoms with Gasteiger partial charge in [0.2, 0.25) is 0 Å². The summed E-state index contributed by atoms with van der Waals surface area (Å²) in [6.45, 7) is 8.71. The molecule has 1 heteroatoms. The maximum absolute atomic E-state index is 11.4. The first-order valence-corrected chi connectivity index (χ1v) is 5.59. The highest BCUT2D eigenvalue weighted by Gasteiger charge is 2.11. The number of unbranched alkanes of at least 4 members (excludes halogenated alkanes) is 2. The van der Waals surface area contributed by atoms with Crippen LogP contribution in [0.15, 0.2) is 0 Å². The monoisotopic (exact) mass is 184 g/mol. The molecular formula is C12H24O. The quantitative estimate of drug-likeness (QED) is 0.550. The minimum absolute atomic E-state index is 0.453. The van der Waals surface area contributed by atoms with Crippen LogP contribution in [0.2, 0.25) is 0 Å². The molecule has 0 radical (unpaired) electrons. The van der Waals surface area contributed by atoms with Gasteiger partial charge in [0.05, 0.1) is 0 Å². The fourth-order valence-corrected chi connectivity index (χ4v) is 1.27. The van der Waals surface area contributed by atoms with Crippen molar-refractivity contribution >= 4 is 5.78 Å². The Kier molecular flexibility index (Phi) is 6.93. The van der Waals surface area contributed by atoms with E-state index in [1.807, 2.05) is 0 Å². The van der Waals surface area contributed by atoms with Gasteiger partial charge < -0.3 is 0 Å². The SMILES string of the molecule is CCCCCC(=O)CC(C)C(C)C. The zero-order valence-corrected chi connectivity index (χ0v) is 9.60. The molecule has 1 atom stereocenters. The Morgan fingerprint density at radius 3 is 2.23 bits per heavy atom. The molecule has 0 fully saturated rings. The first kappa shape index (κ1) is 12.7. The van der Waals surface area contributed by atoms with E-state index in [-0.39, 0.29) is 0 Å². The Morgan fingerprint density at radius 2 is 1.77 bits per heavy atom. The minimum atomic E-state index is 0.453. The van der Waals surface area contributed by atoms with Crippen LogP contribution in [0.4, 0.5) is 0 Å². The molecule has 0 amide bonds. The van der Waals surface area contributed by atoms with Gasteiger partial charge in [0.25, 0.3) is 0 Å². The number of carbonyl (C=O) groups is 1. The molecule has 0 N–H and O–H groups in total. The van der Waals surface area contributed by atoms with E-state index in [4.69, 9.17) is 0 Å². The third kappa shape index (κ3) is 6.80. The summed E-state index contributed by atoms with van der Waals surface area (Å²) >= 11 is 0. The van der Waals surface area contributed by atoms with E-state index in [0.29, 0.717) is 17.6 Å². The number of carbonyl (C=O) groups excluding carboxylic acids is 1. The van der Waals surface area contributed by atoms with Crippen molar-refractivity contribution in [1.29, 1.82) is 0 Å². The second-order valence-electron chi connectivity index (χ2n) is 4.42. The summed E-state index contributed by atoms with van der Waals surface area (Å²) in [7, 11) is 0. The molecule has 0 aromatic carbocycles. The number of ketones is 1. The van der Waals surface area contributed by atoms with Crippen LogP contribution < -0.4 is 0 Å². The summed E-state index contributed by atoms with van der Waals surface area (Å²) < 4.78 is 0. The molecule has 78 valence electrons. The van der Waals surface area contributed by atoms with Crippen LogP contribution in [0.25, 0.3) is 0 Å². The van der Waals surface area contributed by atoms with Crippen LogP contribution >= 0.6 is 0 Å². The van der Waals surface area contributed by atoms with Gasteiger partial charge in [-0.3, -0.25) is 4.79 Å². The smallest absolute Gasteiger partial charge is 0.133 e. The van der Waals surface area contributed by atoms with E-state index in [9.17, 15) is 4.79 Å². The minimum Gasteiger partial charge on any atom is -0.300 e. The molecule has 1 nitrogen and oxygen atoms in total. The zero-order chi connectivity index (χ0) is 10.3. The molecule has 0 aromatic heterocycles. The Balaban J connectivity index is 3.50. The van der Waals surface area contributed by atoms with Crippen molar-refractivity contribution in [2.24, 2.45) is 11.8 Å². The fraction of sp³-hybridized carbons (Fsp3) is 0.917. The lowest BCUT2D eigenvalue weighted by Crippen LogP contribution is -2.10. The van der Waals surface area contributed by atoms with Gasteiger partial charge in [-0.1, -0.05) is 40.5 Å². The third-order valence-electron chi connectivity index (χ3n) is 2.75. The van der Waals surface area contributed by atoms with Crippen LogP contribution in [-0.4, -0.2) is 5.78 Å². The van der Waals surface area contributed by atoms with E-state index in [2.05, 4.69) is 27.7 Å². The van der Waals surface area contributed by atoms with Crippen molar-refractivity contribution in [1.82, 2.24) is 0 Å². The van der Waals surface area contributed by atoms with Crippen molar-refractivity contribution in [2.45, 2.75) is 59.8 Å². The van der Waals surface area contributed by atoms with Crippen LogP contribution in [0, 0.1) is 11.8 Å². The molecule has 0 saturated carbocycles. The summed E-state index contributed by atoms with van der Waals surface area (Å²) in [5.74, 6) is 1.64. The maximum Gasteiger partial charge on any atom is 0.133 e. The van der Waals surface area contributed by atoms with Crippen molar-refractivity contribution in [3.05, 3.63) is 0 Å². The van der Waals surface area contributed by atoms with E-state index in [0.717, 1.165) is 19.3 Å². The predicted octanol–water partition coefficient (Wildman–Crippen LogP) is 3.82. The molecule has 0 aromatic rings. The van der Waals surface area contributed by atoms with Gasteiger partial charge in [-0.05, 0) is 18.3 Å². The summed E-state index contributed by atoms with van der Waals surface area (Å²) in [6.07, 6.45) is 5.06. The van der Waals surface area contributed by atoms with Gasteiger partial charge in [0, 0.05) is 12.8 Å². The molecule has 0 aliphatic carbocycles. The lowest BCUT2D eigenvalue weighted by Gasteiger charge is -2.13. The Morgan fingerprint density at radius 1 is 1.15 bits per heavy atom. The second-order valence-corrected chi connectivity index (χ2v) is 4.42. The molecule has 0 aliphatic heterocycles. The Hall–Kier alpha value is -0.330. The van der Waals surface area contributed by atoms with Gasteiger partial charge in [0.15, 0.2) is 0 Å². The van der Waals surface area contributed by atoms with E-state index in [1.165, 1.54) is 12.8 Å². The van der Waals surface area contributed by atoms with Crippen molar-refractivity contribution in [3.63, 3.8) is 0 Å². The van der Waals surface area contributed by atoms with Gasteiger partial charge in [-0.25, -0.2) is 0 Å². The first-order valence-electron chi connectivity index (χ1n) is 5.59. The normalized spacial score (nSPS) is 13.3. The van der Waals surface area contributed by atoms with Crippen LogP contribution in [0.5, 0.6) is 0 Å².